The molecule has 3 amide bonds. The van der Waals surface area contributed by atoms with E-state index in [4.69, 9.17) is 11.6 Å². The smallest absolute Gasteiger partial charge is 0.321 e. The lowest BCUT2D eigenvalue weighted by Gasteiger charge is -2.22. The molecule has 0 fully saturated rings. The number of nitrogens with zero attached hydrogens (tertiary/aromatic N) is 1. The fourth-order valence-corrected chi connectivity index (χ4v) is 4.37. The Hall–Kier alpha value is -3.10. The van der Waals surface area contributed by atoms with E-state index in [9.17, 15) is 19.1 Å². The Kier molecular flexibility index (Phi) is 6.08. The van der Waals surface area contributed by atoms with Crippen molar-refractivity contribution in [2.75, 3.05) is 12.4 Å². The third-order valence-electron chi connectivity index (χ3n) is 5.14. The van der Waals surface area contributed by atoms with E-state index >= 15 is 0 Å². The molecule has 0 radical (unpaired) electrons. The zero-order valence-electron chi connectivity index (χ0n) is 16.8. The molecule has 164 valence electrons. The first kappa shape index (κ1) is 22.1. The predicted octanol–water partition coefficient (Wildman–Crippen LogP) is 5.44. The van der Waals surface area contributed by atoms with Gasteiger partial charge in [-0.2, -0.15) is 0 Å². The maximum Gasteiger partial charge on any atom is 0.321 e. The third kappa shape index (κ3) is 4.42. The van der Waals surface area contributed by atoms with E-state index in [0.29, 0.717) is 31.9 Å². The summed E-state index contributed by atoms with van der Waals surface area (Å²) < 4.78 is 14.5. The molecular formula is C23H18BrClFN3O3. The number of fused-ring (bicyclic) bond motifs is 1. The van der Waals surface area contributed by atoms with Gasteiger partial charge < -0.3 is 20.6 Å². The van der Waals surface area contributed by atoms with Gasteiger partial charge in [-0.3, -0.25) is 4.79 Å². The molecular weight excluding hydrogens is 501 g/mol. The molecule has 1 heterocycles. The summed E-state index contributed by atoms with van der Waals surface area (Å²) in [5, 5.41) is 15.6. The summed E-state index contributed by atoms with van der Waals surface area (Å²) in [6.07, 6.45) is 0. The maximum absolute atomic E-state index is 13.9. The van der Waals surface area contributed by atoms with Crippen molar-refractivity contribution < 1.29 is 19.1 Å². The van der Waals surface area contributed by atoms with Gasteiger partial charge in [0.15, 0.2) is 0 Å². The Bertz CT molecular complexity index is 1240. The average Bonchev–Trinajstić information content (AvgIpc) is 3.06. The van der Waals surface area contributed by atoms with Crippen molar-refractivity contribution in [3.63, 3.8) is 0 Å². The summed E-state index contributed by atoms with van der Waals surface area (Å²) >= 11 is 9.67. The van der Waals surface area contributed by atoms with Crippen molar-refractivity contribution in [3.8, 4) is 5.75 Å². The molecule has 0 bridgehead atoms. The van der Waals surface area contributed by atoms with E-state index in [1.807, 2.05) is 0 Å². The highest BCUT2D eigenvalue weighted by atomic mass is 79.9. The molecule has 1 aliphatic heterocycles. The Labute approximate surface area is 197 Å². The van der Waals surface area contributed by atoms with Gasteiger partial charge >= 0.3 is 6.03 Å². The number of phenolic OH excluding ortho intramolecular Hbond substituents is 1. The van der Waals surface area contributed by atoms with Gasteiger partial charge in [-0.15, -0.1) is 0 Å². The zero-order chi connectivity index (χ0) is 23.0. The first-order chi connectivity index (χ1) is 15.2. The third-order valence-corrected chi connectivity index (χ3v) is 5.94. The molecule has 9 heteroatoms. The number of aromatic hydroxyl groups is 1. The van der Waals surface area contributed by atoms with Gasteiger partial charge in [0.2, 0.25) is 0 Å². The monoisotopic (exact) mass is 517 g/mol. The minimum absolute atomic E-state index is 0.112. The molecule has 0 spiro atoms. The van der Waals surface area contributed by atoms with E-state index in [1.165, 1.54) is 23.1 Å². The molecule has 6 nitrogen and oxygen atoms in total. The van der Waals surface area contributed by atoms with Crippen LogP contribution in [0.1, 0.15) is 33.1 Å². The molecule has 0 saturated heterocycles. The fraction of sp³-hybridized carbons (Fsp3) is 0.130. The number of rotatable bonds is 4. The molecule has 32 heavy (non-hydrogen) atoms. The van der Waals surface area contributed by atoms with Crippen LogP contribution in [0.15, 0.2) is 59.1 Å². The molecule has 1 atom stereocenters. The number of halogens is 3. The molecule has 0 aliphatic carbocycles. The molecule has 3 aromatic carbocycles. The molecule has 1 unspecified atom stereocenters. The molecule has 0 saturated carbocycles. The lowest BCUT2D eigenvalue weighted by atomic mass is 9.96. The number of hydrogen-bond donors (Lipinski definition) is 3. The number of carbonyl (C=O) groups excluding carboxylic acids is 2. The van der Waals surface area contributed by atoms with Crippen LogP contribution in [0.2, 0.25) is 5.02 Å². The molecule has 3 aromatic rings. The van der Waals surface area contributed by atoms with Crippen molar-refractivity contribution >= 4 is 45.2 Å². The first-order valence-electron chi connectivity index (χ1n) is 9.62. The number of anilines is 1. The van der Waals surface area contributed by atoms with E-state index in [1.54, 1.807) is 43.4 Å². The number of amides is 3. The number of phenols is 1. The van der Waals surface area contributed by atoms with Crippen molar-refractivity contribution in [2.45, 2.75) is 12.6 Å². The predicted molar refractivity (Wildman–Crippen MR) is 123 cm³/mol. The van der Waals surface area contributed by atoms with Crippen LogP contribution in [0.4, 0.5) is 14.9 Å². The second kappa shape index (κ2) is 8.80. The maximum atomic E-state index is 13.9. The number of benzene rings is 3. The van der Waals surface area contributed by atoms with E-state index < -0.39 is 17.9 Å². The lowest BCUT2D eigenvalue weighted by molar-refractivity contribution is 0.0960. The van der Waals surface area contributed by atoms with Crippen LogP contribution in [-0.2, 0) is 6.54 Å². The van der Waals surface area contributed by atoms with Crippen LogP contribution in [0, 0.1) is 5.82 Å². The minimum Gasteiger partial charge on any atom is -0.508 e. The van der Waals surface area contributed by atoms with E-state index in [2.05, 4.69) is 26.6 Å². The van der Waals surface area contributed by atoms with Crippen molar-refractivity contribution in [1.82, 2.24) is 10.2 Å². The van der Waals surface area contributed by atoms with Gasteiger partial charge in [-0.05, 0) is 48.0 Å². The highest BCUT2D eigenvalue weighted by Crippen LogP contribution is 2.40. The fourth-order valence-electron chi connectivity index (χ4n) is 3.68. The summed E-state index contributed by atoms with van der Waals surface area (Å²) in [5.41, 5.74) is 2.40. The Morgan fingerprint density at radius 2 is 2.03 bits per heavy atom. The summed E-state index contributed by atoms with van der Waals surface area (Å²) in [4.78, 5) is 27.0. The summed E-state index contributed by atoms with van der Waals surface area (Å²) in [6, 6.07) is 12.7. The highest BCUT2D eigenvalue weighted by molar-refractivity contribution is 9.10. The zero-order valence-corrected chi connectivity index (χ0v) is 19.2. The molecule has 1 aliphatic rings. The van der Waals surface area contributed by atoms with Gasteiger partial charge in [-0.1, -0.05) is 39.7 Å². The van der Waals surface area contributed by atoms with Gasteiger partial charge in [0.25, 0.3) is 5.91 Å². The number of hydrogen-bond acceptors (Lipinski definition) is 3. The molecule has 3 N–H and O–H groups in total. The van der Waals surface area contributed by atoms with Crippen LogP contribution in [0.5, 0.6) is 5.75 Å². The number of nitrogens with one attached hydrogen (secondary N) is 2. The highest BCUT2D eigenvalue weighted by Gasteiger charge is 2.34. The van der Waals surface area contributed by atoms with Crippen molar-refractivity contribution in [3.05, 3.63) is 92.2 Å². The Morgan fingerprint density at radius 1 is 1.25 bits per heavy atom. The number of carbonyl (C=O) groups is 2. The van der Waals surface area contributed by atoms with Gasteiger partial charge in [0, 0.05) is 45.5 Å². The van der Waals surface area contributed by atoms with Gasteiger partial charge in [-0.25, -0.2) is 9.18 Å². The van der Waals surface area contributed by atoms with Crippen LogP contribution in [0.25, 0.3) is 0 Å². The van der Waals surface area contributed by atoms with Crippen molar-refractivity contribution in [2.24, 2.45) is 0 Å². The van der Waals surface area contributed by atoms with Crippen LogP contribution in [-0.4, -0.2) is 29.0 Å². The topological polar surface area (TPSA) is 81.7 Å². The van der Waals surface area contributed by atoms with Gasteiger partial charge in [0.05, 0.1) is 6.04 Å². The Morgan fingerprint density at radius 3 is 2.78 bits per heavy atom. The summed E-state index contributed by atoms with van der Waals surface area (Å²) in [5.74, 6) is -0.726. The lowest BCUT2D eigenvalue weighted by Crippen LogP contribution is -2.31. The first-order valence-corrected chi connectivity index (χ1v) is 10.8. The van der Waals surface area contributed by atoms with E-state index in [-0.39, 0.29) is 18.2 Å². The van der Waals surface area contributed by atoms with E-state index in [0.717, 1.165) is 5.56 Å². The molecule has 4 rings (SSSR count). The minimum atomic E-state index is -0.722. The quantitative estimate of drug-likeness (QED) is 0.430. The summed E-state index contributed by atoms with van der Waals surface area (Å²) in [7, 11) is 1.61. The van der Waals surface area contributed by atoms with Crippen LogP contribution >= 0.6 is 27.5 Å². The second-order valence-corrected chi connectivity index (χ2v) is 8.77. The number of urea groups is 1. The largest absolute Gasteiger partial charge is 0.508 e. The van der Waals surface area contributed by atoms with Gasteiger partial charge in [0.1, 0.15) is 11.6 Å². The standard InChI is InChI=1S/C23H18BrClFN3O3/c1-29(11-12-3-2-4-15(30)7-12)23(32)27-19-9-13(24)8-17-20(19)21(28-22(17)31)16-10-14(26)5-6-18(16)25/h2-10,21,30H,11H2,1H3,(H,27,32)(H,28,31). The SMILES string of the molecule is CN(Cc1cccc(O)c1)C(=O)Nc1cc(Br)cc2c1C(c1cc(F)ccc1Cl)NC2=O. The average molecular weight is 519 g/mol. The second-order valence-electron chi connectivity index (χ2n) is 7.44. The van der Waals surface area contributed by atoms with Crippen LogP contribution < -0.4 is 10.6 Å². The summed E-state index contributed by atoms with van der Waals surface area (Å²) in [6.45, 7) is 0.257. The van der Waals surface area contributed by atoms with Crippen molar-refractivity contribution in [1.29, 1.82) is 0 Å². The molecule has 0 aromatic heterocycles. The Balaban J connectivity index is 1.67. The normalized spacial score (nSPS) is 14.6. The van der Waals surface area contributed by atoms with Crippen LogP contribution in [0.3, 0.4) is 0 Å².